The molecular formula is C13H24N4O2. The van der Waals surface area contributed by atoms with Crippen LogP contribution in [0.25, 0.3) is 0 Å². The number of nitrogens with one attached hydrogen (secondary N) is 1. The van der Waals surface area contributed by atoms with Crippen molar-refractivity contribution in [3.8, 4) is 0 Å². The minimum absolute atomic E-state index is 0.121. The summed E-state index contributed by atoms with van der Waals surface area (Å²) in [4.78, 5) is 21.0. The lowest BCUT2D eigenvalue weighted by atomic mass is 10.2. The molecule has 1 heterocycles. The van der Waals surface area contributed by atoms with Gasteiger partial charge < -0.3 is 20.4 Å². The van der Waals surface area contributed by atoms with Gasteiger partial charge in [0.2, 0.25) is 0 Å². The number of aromatic amines is 1. The Balaban J connectivity index is 2.95. The van der Waals surface area contributed by atoms with Crippen LogP contribution in [0.15, 0.2) is 10.9 Å². The quantitative estimate of drug-likeness (QED) is 0.725. The normalized spacial score (nSPS) is 11.0. The predicted octanol–water partition coefficient (Wildman–Crippen LogP) is 0.695. The molecule has 0 unspecified atom stereocenters. The summed E-state index contributed by atoms with van der Waals surface area (Å²) in [6.45, 7) is 6.68. The topological polar surface area (TPSA) is 84.2 Å². The smallest absolute Gasteiger partial charge is 0.252 e. The molecule has 0 atom stereocenters. The molecule has 0 saturated carbocycles. The van der Waals surface area contributed by atoms with Crippen LogP contribution in [0.3, 0.4) is 0 Å². The summed E-state index contributed by atoms with van der Waals surface area (Å²) in [6, 6.07) is 1.53. The van der Waals surface area contributed by atoms with E-state index >= 15 is 0 Å². The third-order valence-corrected chi connectivity index (χ3v) is 2.81. The molecule has 0 bridgehead atoms. The van der Waals surface area contributed by atoms with E-state index in [9.17, 15) is 4.79 Å². The fourth-order valence-corrected chi connectivity index (χ4v) is 1.72. The minimum Gasteiger partial charge on any atom is -0.383 e. The fourth-order valence-electron chi connectivity index (χ4n) is 1.72. The average molecular weight is 268 g/mol. The van der Waals surface area contributed by atoms with Crippen molar-refractivity contribution in [2.24, 2.45) is 5.73 Å². The Labute approximate surface area is 114 Å². The van der Waals surface area contributed by atoms with Gasteiger partial charge >= 0.3 is 0 Å². The van der Waals surface area contributed by atoms with Crippen LogP contribution in [0, 0.1) is 0 Å². The Bertz CT molecular complexity index is 423. The molecule has 0 spiro atoms. The predicted molar refractivity (Wildman–Crippen MR) is 76.7 cm³/mol. The van der Waals surface area contributed by atoms with E-state index in [0.29, 0.717) is 31.3 Å². The number of nitrogens with zero attached hydrogens (tertiary/aromatic N) is 2. The highest BCUT2D eigenvalue weighted by Crippen LogP contribution is 2.13. The maximum absolute atomic E-state index is 11.7. The Morgan fingerprint density at radius 3 is 2.79 bits per heavy atom. The van der Waals surface area contributed by atoms with E-state index in [1.807, 2.05) is 18.7 Å². The second kappa shape index (κ2) is 7.91. The zero-order valence-electron chi connectivity index (χ0n) is 12.0. The van der Waals surface area contributed by atoms with E-state index in [0.717, 1.165) is 13.0 Å². The van der Waals surface area contributed by atoms with Gasteiger partial charge in [-0.15, -0.1) is 0 Å². The molecule has 0 fully saturated rings. The average Bonchev–Trinajstić information content (AvgIpc) is 2.38. The van der Waals surface area contributed by atoms with Crippen LogP contribution in [0.2, 0.25) is 0 Å². The van der Waals surface area contributed by atoms with Gasteiger partial charge in [0.05, 0.1) is 6.61 Å². The minimum atomic E-state index is -0.121. The molecule has 6 nitrogen and oxygen atoms in total. The highest BCUT2D eigenvalue weighted by molar-refractivity contribution is 5.37. The molecule has 0 amide bonds. The largest absolute Gasteiger partial charge is 0.383 e. The first-order chi connectivity index (χ1) is 9.08. The number of ether oxygens (including phenoxy) is 1. The second-order valence-corrected chi connectivity index (χ2v) is 4.77. The lowest BCUT2D eigenvalue weighted by Crippen LogP contribution is -2.32. The van der Waals surface area contributed by atoms with Crippen molar-refractivity contribution in [3.63, 3.8) is 0 Å². The van der Waals surface area contributed by atoms with Crippen LogP contribution in [-0.4, -0.2) is 43.3 Å². The molecule has 0 saturated heterocycles. The number of hydrogen-bond acceptors (Lipinski definition) is 5. The summed E-state index contributed by atoms with van der Waals surface area (Å²) in [7, 11) is 1.66. The highest BCUT2D eigenvalue weighted by atomic mass is 16.5. The standard InChI is InChI=1S/C13H24N4O2/c1-10(2)13-15-11(9-12(18)16-13)17(6-4-5-14)7-8-19-3/h9-10H,4-8,14H2,1-3H3,(H,15,16,18). The number of H-pyrrole nitrogens is 1. The van der Waals surface area contributed by atoms with Crippen LogP contribution in [0.1, 0.15) is 32.0 Å². The van der Waals surface area contributed by atoms with Gasteiger partial charge in [-0.2, -0.15) is 0 Å². The van der Waals surface area contributed by atoms with Crippen molar-refractivity contribution < 1.29 is 4.74 Å². The van der Waals surface area contributed by atoms with Crippen molar-refractivity contribution in [1.29, 1.82) is 0 Å². The Morgan fingerprint density at radius 1 is 1.47 bits per heavy atom. The summed E-state index contributed by atoms with van der Waals surface area (Å²) in [5, 5.41) is 0. The Kier molecular flexibility index (Phi) is 6.52. The third kappa shape index (κ3) is 5.00. The van der Waals surface area contributed by atoms with Crippen molar-refractivity contribution in [3.05, 3.63) is 22.2 Å². The molecule has 3 N–H and O–H groups in total. The fraction of sp³-hybridized carbons (Fsp3) is 0.692. The van der Waals surface area contributed by atoms with E-state index in [1.165, 1.54) is 6.07 Å². The Hall–Kier alpha value is -1.40. The van der Waals surface area contributed by atoms with E-state index in [4.69, 9.17) is 10.5 Å². The van der Waals surface area contributed by atoms with Crippen LogP contribution >= 0.6 is 0 Å². The molecule has 0 radical (unpaired) electrons. The van der Waals surface area contributed by atoms with Crippen LogP contribution in [0.4, 0.5) is 5.82 Å². The van der Waals surface area contributed by atoms with Crippen LogP contribution in [-0.2, 0) is 4.74 Å². The van der Waals surface area contributed by atoms with Crippen molar-refractivity contribution >= 4 is 5.82 Å². The summed E-state index contributed by atoms with van der Waals surface area (Å²) in [6.07, 6.45) is 0.856. The maximum Gasteiger partial charge on any atom is 0.252 e. The number of hydrogen-bond donors (Lipinski definition) is 2. The van der Waals surface area contributed by atoms with Crippen molar-refractivity contribution in [2.75, 3.05) is 38.3 Å². The number of methoxy groups -OCH3 is 1. The number of rotatable bonds is 8. The summed E-state index contributed by atoms with van der Waals surface area (Å²) >= 11 is 0. The van der Waals surface area contributed by atoms with Gasteiger partial charge in [-0.25, -0.2) is 4.98 Å². The SMILES string of the molecule is COCCN(CCCN)c1cc(=O)[nH]c(C(C)C)n1. The Morgan fingerprint density at radius 2 is 2.21 bits per heavy atom. The van der Waals surface area contributed by atoms with E-state index in [-0.39, 0.29) is 11.5 Å². The van der Waals surface area contributed by atoms with Gasteiger partial charge in [0, 0.05) is 32.2 Å². The number of nitrogens with two attached hydrogens (primary N) is 1. The monoisotopic (exact) mass is 268 g/mol. The lowest BCUT2D eigenvalue weighted by Gasteiger charge is -2.23. The molecule has 19 heavy (non-hydrogen) atoms. The van der Waals surface area contributed by atoms with E-state index in [1.54, 1.807) is 7.11 Å². The first-order valence-electron chi connectivity index (χ1n) is 6.63. The zero-order valence-corrected chi connectivity index (χ0v) is 12.0. The molecule has 0 aromatic carbocycles. The van der Waals surface area contributed by atoms with Gasteiger partial charge in [0.25, 0.3) is 5.56 Å². The van der Waals surface area contributed by atoms with Gasteiger partial charge in [-0.3, -0.25) is 4.79 Å². The molecule has 1 rings (SSSR count). The van der Waals surface area contributed by atoms with Crippen LogP contribution in [0.5, 0.6) is 0 Å². The number of anilines is 1. The summed E-state index contributed by atoms with van der Waals surface area (Å²) in [5.74, 6) is 1.59. The summed E-state index contributed by atoms with van der Waals surface area (Å²) < 4.78 is 5.10. The summed E-state index contributed by atoms with van der Waals surface area (Å²) in [5.41, 5.74) is 5.42. The molecule has 1 aromatic rings. The van der Waals surface area contributed by atoms with Crippen LogP contribution < -0.4 is 16.2 Å². The first-order valence-corrected chi connectivity index (χ1v) is 6.63. The molecule has 1 aromatic heterocycles. The highest BCUT2D eigenvalue weighted by Gasteiger charge is 2.11. The number of aromatic nitrogens is 2. The molecular weight excluding hydrogens is 244 g/mol. The van der Waals surface area contributed by atoms with Crippen molar-refractivity contribution in [2.45, 2.75) is 26.2 Å². The molecule has 0 aliphatic rings. The van der Waals surface area contributed by atoms with Gasteiger partial charge in [0.1, 0.15) is 11.6 Å². The van der Waals surface area contributed by atoms with E-state index < -0.39 is 0 Å². The van der Waals surface area contributed by atoms with E-state index in [2.05, 4.69) is 9.97 Å². The van der Waals surface area contributed by atoms with Gasteiger partial charge in [-0.05, 0) is 13.0 Å². The second-order valence-electron chi connectivity index (χ2n) is 4.77. The third-order valence-electron chi connectivity index (χ3n) is 2.81. The van der Waals surface area contributed by atoms with Crippen molar-refractivity contribution in [1.82, 2.24) is 9.97 Å². The molecule has 0 aliphatic heterocycles. The molecule has 6 heteroatoms. The molecule has 108 valence electrons. The zero-order chi connectivity index (χ0) is 14.3. The molecule has 0 aliphatic carbocycles. The van der Waals surface area contributed by atoms with Gasteiger partial charge in [0.15, 0.2) is 0 Å². The lowest BCUT2D eigenvalue weighted by molar-refractivity contribution is 0.205. The van der Waals surface area contributed by atoms with Gasteiger partial charge in [-0.1, -0.05) is 13.8 Å². The maximum atomic E-state index is 11.7. The first kappa shape index (κ1) is 15.7.